The summed E-state index contributed by atoms with van der Waals surface area (Å²) in [6, 6.07) is 5.32. The Kier molecular flexibility index (Phi) is 8.90. The molecule has 0 aliphatic carbocycles. The summed E-state index contributed by atoms with van der Waals surface area (Å²) < 4.78 is 17.2. The molecule has 0 fully saturated rings. The summed E-state index contributed by atoms with van der Waals surface area (Å²) in [5, 5.41) is 11.2. The largest absolute Gasteiger partial charge is 0.493 e. The van der Waals surface area contributed by atoms with Gasteiger partial charge in [-0.25, -0.2) is 4.98 Å². The predicted molar refractivity (Wildman–Crippen MR) is 138 cm³/mol. The molecule has 0 unspecified atom stereocenters. The first kappa shape index (κ1) is 27.0. The third kappa shape index (κ3) is 5.78. The number of benzene rings is 1. The molecule has 1 aromatic carbocycles. The highest BCUT2D eigenvalue weighted by Gasteiger charge is 2.31. The van der Waals surface area contributed by atoms with Crippen molar-refractivity contribution in [3.05, 3.63) is 46.3 Å². The minimum atomic E-state index is -0.390. The summed E-state index contributed by atoms with van der Waals surface area (Å²) in [4.78, 5) is 31.8. The van der Waals surface area contributed by atoms with Crippen molar-refractivity contribution in [2.75, 3.05) is 27.3 Å². The van der Waals surface area contributed by atoms with Gasteiger partial charge < -0.3 is 24.4 Å². The number of aromatic nitrogens is 1. The molecule has 3 rings (SSSR count). The van der Waals surface area contributed by atoms with Gasteiger partial charge in [-0.05, 0) is 57.4 Å². The number of fused-ring (bicyclic) bond motifs is 1. The number of hydrogen-bond donors (Lipinski definition) is 2. The van der Waals surface area contributed by atoms with Crippen LogP contribution in [0.5, 0.6) is 17.2 Å². The lowest BCUT2D eigenvalue weighted by Crippen LogP contribution is -2.30. The second-order valence-electron chi connectivity index (χ2n) is 8.92. The van der Waals surface area contributed by atoms with Crippen LogP contribution in [0, 0.1) is 5.41 Å². The molecular weight excluding hydrogens is 460 g/mol. The Morgan fingerprint density at radius 1 is 1.19 bits per heavy atom. The number of amides is 1. The van der Waals surface area contributed by atoms with E-state index in [9.17, 15) is 9.59 Å². The molecule has 9 nitrogen and oxygen atoms in total. The zero-order valence-corrected chi connectivity index (χ0v) is 22.0. The Morgan fingerprint density at radius 3 is 2.56 bits per heavy atom. The van der Waals surface area contributed by atoms with E-state index >= 15 is 0 Å². The number of aryl methyl sites for hydroxylation is 1. The maximum absolute atomic E-state index is 13.4. The number of nitrogens with zero attached hydrogens (tertiary/aromatic N) is 2. The van der Waals surface area contributed by atoms with Gasteiger partial charge in [0.1, 0.15) is 11.5 Å². The highest BCUT2D eigenvalue weighted by Crippen LogP contribution is 2.35. The monoisotopic (exact) mass is 496 g/mol. The van der Waals surface area contributed by atoms with E-state index in [-0.39, 0.29) is 35.9 Å². The number of amidine groups is 1. The zero-order chi connectivity index (χ0) is 26.4. The number of hydrogen-bond acceptors (Lipinski definition) is 7. The van der Waals surface area contributed by atoms with E-state index in [1.807, 2.05) is 26.8 Å². The molecule has 1 aromatic heterocycles. The number of pyridine rings is 1. The van der Waals surface area contributed by atoms with Crippen molar-refractivity contribution in [1.29, 1.82) is 5.41 Å². The first-order chi connectivity index (χ1) is 17.2. The highest BCUT2D eigenvalue weighted by atomic mass is 16.5. The molecule has 1 aliphatic rings. The third-order valence-electron chi connectivity index (χ3n) is 5.86. The zero-order valence-electron chi connectivity index (χ0n) is 22.0. The van der Waals surface area contributed by atoms with Crippen LogP contribution in [0.2, 0.25) is 0 Å². The maximum atomic E-state index is 13.4. The van der Waals surface area contributed by atoms with Gasteiger partial charge in [-0.3, -0.25) is 15.0 Å². The van der Waals surface area contributed by atoms with Crippen LogP contribution in [0.15, 0.2) is 18.2 Å². The number of ketones is 1. The molecule has 36 heavy (non-hydrogen) atoms. The lowest BCUT2D eigenvalue weighted by Gasteiger charge is -2.20. The molecule has 9 heteroatoms. The van der Waals surface area contributed by atoms with Crippen molar-refractivity contribution in [2.45, 2.75) is 59.6 Å². The molecule has 2 aromatic rings. The number of Topliss-reactive ketones (excluding diaryl/α,β-unsaturated/α-hetero) is 1. The van der Waals surface area contributed by atoms with Crippen LogP contribution in [0.4, 0.5) is 0 Å². The smallest absolute Gasteiger partial charge is 0.273 e. The molecule has 0 saturated carbocycles. The van der Waals surface area contributed by atoms with Crippen molar-refractivity contribution >= 4 is 17.5 Å². The van der Waals surface area contributed by atoms with Gasteiger partial charge in [0.05, 0.1) is 26.4 Å². The van der Waals surface area contributed by atoms with Crippen LogP contribution in [0.3, 0.4) is 0 Å². The maximum Gasteiger partial charge on any atom is 0.273 e. The fourth-order valence-corrected chi connectivity index (χ4v) is 4.19. The molecule has 0 spiro atoms. The van der Waals surface area contributed by atoms with Gasteiger partial charge in [0, 0.05) is 24.7 Å². The van der Waals surface area contributed by atoms with Crippen molar-refractivity contribution in [1.82, 2.24) is 15.2 Å². The van der Waals surface area contributed by atoms with Gasteiger partial charge in [-0.2, -0.15) is 0 Å². The molecule has 1 aliphatic heterocycles. The summed E-state index contributed by atoms with van der Waals surface area (Å²) >= 11 is 0. The molecule has 1 amide bonds. The van der Waals surface area contributed by atoms with Crippen LogP contribution in [-0.2, 0) is 13.0 Å². The summed E-state index contributed by atoms with van der Waals surface area (Å²) in [6.45, 7) is 8.50. The quantitative estimate of drug-likeness (QED) is 0.427. The van der Waals surface area contributed by atoms with E-state index in [2.05, 4.69) is 17.2 Å². The van der Waals surface area contributed by atoms with E-state index in [1.54, 1.807) is 24.1 Å². The molecule has 0 radical (unpaired) electrons. The second-order valence-corrected chi connectivity index (χ2v) is 8.92. The fraction of sp³-hybridized carbons (Fsp3) is 0.481. The Morgan fingerprint density at radius 2 is 1.94 bits per heavy atom. The lowest BCUT2D eigenvalue weighted by molar-refractivity contribution is 0.0949. The van der Waals surface area contributed by atoms with Gasteiger partial charge in [0.15, 0.2) is 28.7 Å². The average molecular weight is 497 g/mol. The topological polar surface area (TPSA) is 114 Å². The van der Waals surface area contributed by atoms with E-state index < -0.39 is 0 Å². The summed E-state index contributed by atoms with van der Waals surface area (Å²) in [5.41, 5.74) is 2.69. The van der Waals surface area contributed by atoms with Gasteiger partial charge in [-0.15, -0.1) is 0 Å². The summed E-state index contributed by atoms with van der Waals surface area (Å²) in [5.74, 6) is 1.14. The fourth-order valence-electron chi connectivity index (χ4n) is 4.19. The minimum Gasteiger partial charge on any atom is -0.493 e. The summed E-state index contributed by atoms with van der Waals surface area (Å²) in [6.07, 6.45) is 2.67. The first-order valence-electron chi connectivity index (χ1n) is 12.4. The Hall–Kier alpha value is -3.62. The van der Waals surface area contributed by atoms with E-state index in [0.717, 1.165) is 30.4 Å². The van der Waals surface area contributed by atoms with E-state index in [1.165, 1.54) is 7.05 Å². The van der Waals surface area contributed by atoms with E-state index in [0.29, 0.717) is 41.7 Å². The van der Waals surface area contributed by atoms with E-state index in [4.69, 9.17) is 19.6 Å². The number of carbonyl (C=O) groups is 2. The highest BCUT2D eigenvalue weighted by molar-refractivity contribution is 6.05. The first-order valence-corrected chi connectivity index (χ1v) is 12.4. The van der Waals surface area contributed by atoms with Gasteiger partial charge >= 0.3 is 0 Å². The van der Waals surface area contributed by atoms with Crippen LogP contribution < -0.4 is 19.5 Å². The molecule has 0 saturated heterocycles. The van der Waals surface area contributed by atoms with Crippen LogP contribution in [-0.4, -0.2) is 60.8 Å². The third-order valence-corrected chi connectivity index (χ3v) is 5.86. The van der Waals surface area contributed by atoms with Gasteiger partial charge in [0.25, 0.3) is 5.91 Å². The Bertz CT molecular complexity index is 1150. The molecule has 0 atom stereocenters. The van der Waals surface area contributed by atoms with Crippen molar-refractivity contribution < 1.29 is 23.8 Å². The molecule has 194 valence electrons. The van der Waals surface area contributed by atoms with Crippen LogP contribution >= 0.6 is 0 Å². The Balaban J connectivity index is 1.90. The lowest BCUT2D eigenvalue weighted by atomic mass is 10.0. The number of unbranched alkanes of at least 4 members (excludes halogenated alkanes) is 1. The molecular formula is C27H36N4O5. The van der Waals surface area contributed by atoms with Crippen molar-refractivity contribution in [3.8, 4) is 17.2 Å². The van der Waals surface area contributed by atoms with Crippen LogP contribution in [0.25, 0.3) is 0 Å². The normalized spacial score (nSPS) is 12.5. The average Bonchev–Trinajstić information content (AvgIpc) is 3.15. The Labute approximate surface area is 212 Å². The number of methoxy groups -OCH3 is 1. The minimum absolute atomic E-state index is 0.00483. The SMILES string of the molecule is CCCCc1cc(C(=O)CN2Cc3cc(OCC)c(C(=O)NC)nc3C2=N)cc(OC(C)C)c1OC. The molecule has 2 heterocycles. The summed E-state index contributed by atoms with van der Waals surface area (Å²) in [7, 11) is 3.13. The van der Waals surface area contributed by atoms with Crippen molar-refractivity contribution in [3.63, 3.8) is 0 Å². The predicted octanol–water partition coefficient (Wildman–Crippen LogP) is 4.00. The van der Waals surface area contributed by atoms with Crippen molar-refractivity contribution in [2.24, 2.45) is 0 Å². The molecule has 2 N–H and O–H groups in total. The van der Waals surface area contributed by atoms with Crippen LogP contribution in [0.1, 0.15) is 78.2 Å². The number of nitrogens with one attached hydrogen (secondary N) is 2. The molecule has 0 bridgehead atoms. The van der Waals surface area contributed by atoms with Gasteiger partial charge in [-0.1, -0.05) is 13.3 Å². The number of rotatable bonds is 12. The van der Waals surface area contributed by atoms with Gasteiger partial charge in [0.2, 0.25) is 0 Å². The standard InChI is InChI=1S/C27H36N4O5/c1-7-9-10-17-11-18(12-22(25(17)34-6)36-16(3)4)20(32)15-31-14-19-13-21(35-8-2)24(27(33)29-5)30-23(19)26(31)28/h11-13,16,28H,7-10,14-15H2,1-6H3,(H,29,33). The number of ether oxygens (including phenoxy) is 3. The second kappa shape index (κ2) is 11.9. The number of carbonyl (C=O) groups excluding carboxylic acids is 2.